The standard InChI is InChI=1S/C19H24ClN3O5S2/c1-5-18(23(30(4,27)28)17-11-6-8-14(20)12-17)19(24)21-15-9-7-10-16(13-15)22(2)29(3,25)26/h6-13,18H,5H2,1-4H3,(H,21,24). The number of hydrogen-bond acceptors (Lipinski definition) is 5. The Hall–Kier alpha value is -2.30. The maximum atomic E-state index is 13.0. The number of benzene rings is 2. The highest BCUT2D eigenvalue weighted by molar-refractivity contribution is 7.92. The van der Waals surface area contributed by atoms with Gasteiger partial charge in [0.25, 0.3) is 0 Å². The fourth-order valence-electron chi connectivity index (χ4n) is 2.87. The Bertz CT molecular complexity index is 1140. The number of amides is 1. The van der Waals surface area contributed by atoms with Crippen LogP contribution < -0.4 is 13.9 Å². The van der Waals surface area contributed by atoms with Gasteiger partial charge in [0.05, 0.1) is 23.9 Å². The van der Waals surface area contributed by atoms with E-state index in [-0.39, 0.29) is 12.1 Å². The fourth-order valence-corrected chi connectivity index (χ4v) is 4.75. The second-order valence-electron chi connectivity index (χ2n) is 6.73. The molecule has 0 bridgehead atoms. The summed E-state index contributed by atoms with van der Waals surface area (Å²) in [6.07, 6.45) is 2.29. The van der Waals surface area contributed by atoms with Crippen molar-refractivity contribution < 1.29 is 21.6 Å². The summed E-state index contributed by atoms with van der Waals surface area (Å²) in [4.78, 5) is 13.0. The van der Waals surface area contributed by atoms with Crippen molar-refractivity contribution in [3.05, 3.63) is 53.6 Å². The Morgan fingerprint density at radius 3 is 2.13 bits per heavy atom. The third-order valence-corrected chi connectivity index (χ3v) is 6.99. The highest BCUT2D eigenvalue weighted by Crippen LogP contribution is 2.27. The number of nitrogens with zero attached hydrogens (tertiary/aromatic N) is 2. The zero-order chi connectivity index (χ0) is 22.7. The van der Waals surface area contributed by atoms with Crippen molar-refractivity contribution in [1.82, 2.24) is 0 Å². The molecule has 0 aliphatic carbocycles. The van der Waals surface area contributed by atoms with Gasteiger partial charge in [0.1, 0.15) is 6.04 Å². The van der Waals surface area contributed by atoms with Crippen LogP contribution in [-0.4, -0.2) is 48.3 Å². The van der Waals surface area contributed by atoms with Crippen LogP contribution in [0.4, 0.5) is 17.1 Å². The lowest BCUT2D eigenvalue weighted by Crippen LogP contribution is -2.47. The summed E-state index contributed by atoms with van der Waals surface area (Å²) in [5, 5.41) is 3.02. The van der Waals surface area contributed by atoms with Crippen LogP contribution in [-0.2, 0) is 24.8 Å². The molecule has 0 saturated heterocycles. The van der Waals surface area contributed by atoms with Gasteiger partial charge >= 0.3 is 0 Å². The lowest BCUT2D eigenvalue weighted by atomic mass is 10.1. The molecular weight excluding hydrogens is 450 g/mol. The molecule has 30 heavy (non-hydrogen) atoms. The summed E-state index contributed by atoms with van der Waals surface area (Å²) in [6.45, 7) is 1.70. The van der Waals surface area contributed by atoms with Crippen molar-refractivity contribution in [3.63, 3.8) is 0 Å². The Kier molecular flexibility index (Phi) is 7.38. The first-order valence-electron chi connectivity index (χ1n) is 8.94. The lowest BCUT2D eigenvalue weighted by Gasteiger charge is -2.30. The van der Waals surface area contributed by atoms with Gasteiger partial charge in [-0.05, 0) is 42.8 Å². The molecule has 0 heterocycles. The van der Waals surface area contributed by atoms with Gasteiger partial charge in [0.15, 0.2) is 0 Å². The first-order chi connectivity index (χ1) is 13.8. The summed E-state index contributed by atoms with van der Waals surface area (Å²) in [5.41, 5.74) is 0.974. The van der Waals surface area contributed by atoms with Crippen LogP contribution in [0, 0.1) is 0 Å². The average molecular weight is 474 g/mol. The molecule has 2 aromatic carbocycles. The molecule has 2 aromatic rings. The van der Waals surface area contributed by atoms with E-state index in [0.717, 1.165) is 21.1 Å². The maximum absolute atomic E-state index is 13.0. The Balaban J connectivity index is 2.38. The van der Waals surface area contributed by atoms with Crippen LogP contribution in [0.25, 0.3) is 0 Å². The zero-order valence-corrected chi connectivity index (χ0v) is 19.4. The minimum Gasteiger partial charge on any atom is -0.324 e. The van der Waals surface area contributed by atoms with Crippen molar-refractivity contribution in [3.8, 4) is 0 Å². The van der Waals surface area contributed by atoms with E-state index in [0.29, 0.717) is 16.4 Å². The molecule has 11 heteroatoms. The van der Waals surface area contributed by atoms with Crippen molar-refractivity contribution in [2.45, 2.75) is 19.4 Å². The SMILES string of the molecule is CCC(C(=O)Nc1cccc(N(C)S(C)(=O)=O)c1)N(c1cccc(Cl)c1)S(C)(=O)=O. The smallest absolute Gasteiger partial charge is 0.248 e. The second kappa shape index (κ2) is 9.23. The van der Waals surface area contributed by atoms with Crippen LogP contribution in [0.5, 0.6) is 0 Å². The van der Waals surface area contributed by atoms with Gasteiger partial charge < -0.3 is 5.32 Å². The van der Waals surface area contributed by atoms with Crippen LogP contribution in [0.1, 0.15) is 13.3 Å². The Labute approximate surface area is 182 Å². The van der Waals surface area contributed by atoms with Crippen LogP contribution in [0.15, 0.2) is 48.5 Å². The van der Waals surface area contributed by atoms with E-state index in [2.05, 4.69) is 5.32 Å². The summed E-state index contributed by atoms with van der Waals surface area (Å²) in [6, 6.07) is 11.5. The molecule has 1 N–H and O–H groups in total. The highest BCUT2D eigenvalue weighted by atomic mass is 35.5. The number of nitrogens with one attached hydrogen (secondary N) is 1. The van der Waals surface area contributed by atoms with Crippen LogP contribution in [0.3, 0.4) is 0 Å². The minimum atomic E-state index is -3.80. The summed E-state index contributed by atoms with van der Waals surface area (Å²) >= 11 is 6.00. The monoisotopic (exact) mass is 473 g/mol. The molecule has 0 aromatic heterocycles. The predicted molar refractivity (Wildman–Crippen MR) is 121 cm³/mol. The second-order valence-corrected chi connectivity index (χ2v) is 11.0. The largest absolute Gasteiger partial charge is 0.324 e. The molecule has 0 aliphatic rings. The van der Waals surface area contributed by atoms with E-state index in [1.54, 1.807) is 43.3 Å². The normalized spacial score (nSPS) is 12.8. The van der Waals surface area contributed by atoms with E-state index in [4.69, 9.17) is 11.6 Å². The van der Waals surface area contributed by atoms with Gasteiger partial charge in [-0.15, -0.1) is 0 Å². The first kappa shape index (κ1) is 24.0. The number of anilines is 3. The highest BCUT2D eigenvalue weighted by Gasteiger charge is 2.31. The molecule has 0 fully saturated rings. The number of halogens is 1. The van der Waals surface area contributed by atoms with Gasteiger partial charge in [-0.3, -0.25) is 13.4 Å². The van der Waals surface area contributed by atoms with Gasteiger partial charge in [0.2, 0.25) is 26.0 Å². The van der Waals surface area contributed by atoms with E-state index >= 15 is 0 Å². The number of carbonyl (C=O) groups excluding carboxylic acids is 1. The molecule has 0 aliphatic heterocycles. The summed E-state index contributed by atoms with van der Waals surface area (Å²) in [7, 11) is -5.87. The molecule has 2 rings (SSSR count). The van der Waals surface area contributed by atoms with Crippen molar-refractivity contribution in [2.75, 3.05) is 33.5 Å². The molecule has 0 radical (unpaired) electrons. The van der Waals surface area contributed by atoms with Gasteiger partial charge in [-0.25, -0.2) is 16.8 Å². The summed E-state index contributed by atoms with van der Waals surface area (Å²) in [5.74, 6) is -0.554. The third kappa shape index (κ3) is 5.87. The van der Waals surface area contributed by atoms with Gasteiger partial charge in [0, 0.05) is 17.8 Å². The molecule has 0 spiro atoms. The number of sulfonamides is 2. The molecule has 1 amide bonds. The van der Waals surface area contributed by atoms with Crippen LogP contribution in [0.2, 0.25) is 5.02 Å². The fraction of sp³-hybridized carbons (Fsp3) is 0.316. The maximum Gasteiger partial charge on any atom is 0.248 e. The number of hydrogen-bond donors (Lipinski definition) is 1. The van der Waals surface area contributed by atoms with Crippen molar-refractivity contribution in [1.29, 1.82) is 0 Å². The van der Waals surface area contributed by atoms with Crippen LogP contribution >= 0.6 is 11.6 Å². The molecule has 8 nitrogen and oxygen atoms in total. The summed E-state index contributed by atoms with van der Waals surface area (Å²) < 4.78 is 50.6. The lowest BCUT2D eigenvalue weighted by molar-refractivity contribution is -0.117. The van der Waals surface area contributed by atoms with Crippen molar-refractivity contribution in [2.24, 2.45) is 0 Å². The van der Waals surface area contributed by atoms with E-state index < -0.39 is 32.0 Å². The molecule has 164 valence electrons. The zero-order valence-electron chi connectivity index (χ0n) is 17.0. The first-order valence-corrected chi connectivity index (χ1v) is 13.0. The van der Waals surface area contributed by atoms with E-state index in [9.17, 15) is 21.6 Å². The average Bonchev–Trinajstić information content (AvgIpc) is 2.63. The molecule has 0 saturated carbocycles. The van der Waals surface area contributed by atoms with Gasteiger partial charge in [-0.2, -0.15) is 0 Å². The molecule has 1 unspecified atom stereocenters. The quantitative estimate of drug-likeness (QED) is 0.634. The van der Waals surface area contributed by atoms with Crippen molar-refractivity contribution >= 4 is 54.6 Å². The Morgan fingerprint density at radius 1 is 1.00 bits per heavy atom. The molecular formula is C19H24ClN3O5S2. The number of carbonyl (C=O) groups is 1. The Morgan fingerprint density at radius 2 is 1.60 bits per heavy atom. The number of rotatable bonds is 8. The van der Waals surface area contributed by atoms with Gasteiger partial charge in [-0.1, -0.05) is 30.7 Å². The topological polar surface area (TPSA) is 104 Å². The minimum absolute atomic E-state index is 0.203. The molecule has 1 atom stereocenters. The predicted octanol–water partition coefficient (Wildman–Crippen LogP) is 2.92. The van der Waals surface area contributed by atoms with E-state index in [1.807, 2.05) is 0 Å². The van der Waals surface area contributed by atoms with E-state index in [1.165, 1.54) is 19.2 Å². The third-order valence-electron chi connectivity index (χ3n) is 4.37.